The van der Waals surface area contributed by atoms with E-state index in [2.05, 4.69) is 13.0 Å². The van der Waals surface area contributed by atoms with Crippen molar-refractivity contribution in [3.63, 3.8) is 0 Å². The second kappa shape index (κ2) is 2.88. The maximum absolute atomic E-state index is 9.45. The number of aliphatic hydroxyl groups is 1. The average Bonchev–Trinajstić information content (AvgIpc) is 2.48. The van der Waals surface area contributed by atoms with E-state index in [1.807, 2.05) is 0 Å². The van der Waals surface area contributed by atoms with Gasteiger partial charge in [0.25, 0.3) is 0 Å². The van der Waals surface area contributed by atoms with Crippen LogP contribution in [0.25, 0.3) is 0 Å². The van der Waals surface area contributed by atoms with Crippen LogP contribution in [0.5, 0.6) is 0 Å². The van der Waals surface area contributed by atoms with Gasteiger partial charge in [-0.1, -0.05) is 24.5 Å². The molecule has 1 saturated carbocycles. The lowest BCUT2D eigenvalue weighted by Gasteiger charge is -2.35. The normalized spacial score (nSPS) is 33.8. The molecule has 1 unspecified atom stereocenters. The first-order valence-electron chi connectivity index (χ1n) is 5.10. The van der Waals surface area contributed by atoms with E-state index in [0.29, 0.717) is 5.41 Å². The molecule has 0 radical (unpaired) electrons. The highest BCUT2D eigenvalue weighted by Crippen LogP contribution is 2.49. The molecular formula is C11H18O. The van der Waals surface area contributed by atoms with Crippen LogP contribution in [0.1, 0.15) is 45.4 Å². The number of rotatable bonds is 0. The van der Waals surface area contributed by atoms with Gasteiger partial charge in [-0.25, -0.2) is 0 Å². The molecule has 0 amide bonds. The maximum Gasteiger partial charge on any atom is 0.0723 e. The molecule has 0 heterocycles. The minimum absolute atomic E-state index is 0.156. The lowest BCUT2D eigenvalue weighted by Crippen LogP contribution is -2.25. The van der Waals surface area contributed by atoms with Crippen LogP contribution in [0.15, 0.2) is 11.6 Å². The SMILES string of the molecule is CC1=CC(O)CCC12CCCC2. The van der Waals surface area contributed by atoms with Crippen LogP contribution in [0.4, 0.5) is 0 Å². The fourth-order valence-corrected chi connectivity index (χ4v) is 2.87. The van der Waals surface area contributed by atoms with Gasteiger partial charge in [-0.3, -0.25) is 0 Å². The summed E-state index contributed by atoms with van der Waals surface area (Å²) in [5.41, 5.74) is 1.97. The molecule has 2 aliphatic rings. The van der Waals surface area contributed by atoms with E-state index >= 15 is 0 Å². The Kier molecular flexibility index (Phi) is 1.99. The summed E-state index contributed by atoms with van der Waals surface area (Å²) >= 11 is 0. The van der Waals surface area contributed by atoms with Crippen molar-refractivity contribution < 1.29 is 5.11 Å². The monoisotopic (exact) mass is 166 g/mol. The van der Waals surface area contributed by atoms with Gasteiger partial charge in [-0.2, -0.15) is 0 Å². The van der Waals surface area contributed by atoms with Gasteiger partial charge in [-0.15, -0.1) is 0 Å². The Morgan fingerprint density at radius 3 is 2.58 bits per heavy atom. The zero-order chi connectivity index (χ0) is 8.60. The third-order valence-corrected chi connectivity index (χ3v) is 3.76. The van der Waals surface area contributed by atoms with Gasteiger partial charge < -0.3 is 5.11 Å². The zero-order valence-corrected chi connectivity index (χ0v) is 7.84. The van der Waals surface area contributed by atoms with Crippen molar-refractivity contribution in [2.45, 2.75) is 51.6 Å². The topological polar surface area (TPSA) is 20.2 Å². The Morgan fingerprint density at radius 1 is 1.33 bits per heavy atom. The standard InChI is InChI=1S/C11H18O/c1-9-8-10(12)4-7-11(9)5-2-3-6-11/h8,10,12H,2-7H2,1H3. The fourth-order valence-electron chi connectivity index (χ4n) is 2.87. The van der Waals surface area contributed by atoms with Gasteiger partial charge in [0.05, 0.1) is 6.10 Å². The second-order valence-corrected chi connectivity index (χ2v) is 4.44. The molecule has 2 rings (SSSR count). The van der Waals surface area contributed by atoms with Crippen LogP contribution in [-0.4, -0.2) is 11.2 Å². The molecule has 1 fully saturated rings. The summed E-state index contributed by atoms with van der Waals surface area (Å²) in [5, 5.41) is 9.45. The Balaban J connectivity index is 2.21. The number of allylic oxidation sites excluding steroid dienone is 1. The Hall–Kier alpha value is -0.300. The molecule has 1 atom stereocenters. The van der Waals surface area contributed by atoms with Crippen molar-refractivity contribution in [2.75, 3.05) is 0 Å². The number of aliphatic hydroxyl groups excluding tert-OH is 1. The molecule has 1 N–H and O–H groups in total. The minimum atomic E-state index is -0.156. The summed E-state index contributed by atoms with van der Waals surface area (Å²) in [7, 11) is 0. The summed E-state index contributed by atoms with van der Waals surface area (Å²) in [5.74, 6) is 0. The molecule has 0 aromatic rings. The molecular weight excluding hydrogens is 148 g/mol. The smallest absolute Gasteiger partial charge is 0.0723 e. The second-order valence-electron chi connectivity index (χ2n) is 4.44. The van der Waals surface area contributed by atoms with Gasteiger partial charge in [0.2, 0.25) is 0 Å². The molecule has 1 heteroatoms. The van der Waals surface area contributed by atoms with Crippen LogP contribution >= 0.6 is 0 Å². The highest BCUT2D eigenvalue weighted by atomic mass is 16.3. The van der Waals surface area contributed by atoms with Gasteiger partial charge >= 0.3 is 0 Å². The van der Waals surface area contributed by atoms with Crippen LogP contribution in [0, 0.1) is 5.41 Å². The molecule has 1 spiro atoms. The molecule has 0 aliphatic heterocycles. The molecule has 2 aliphatic carbocycles. The van der Waals surface area contributed by atoms with E-state index in [1.165, 1.54) is 37.7 Å². The van der Waals surface area contributed by atoms with Crippen molar-refractivity contribution in [3.8, 4) is 0 Å². The molecule has 68 valence electrons. The third-order valence-electron chi connectivity index (χ3n) is 3.76. The van der Waals surface area contributed by atoms with Gasteiger partial charge in [0.15, 0.2) is 0 Å². The van der Waals surface area contributed by atoms with Crippen LogP contribution in [0.2, 0.25) is 0 Å². The molecule has 1 nitrogen and oxygen atoms in total. The van der Waals surface area contributed by atoms with Gasteiger partial charge in [-0.05, 0) is 38.0 Å². The third kappa shape index (κ3) is 1.20. The van der Waals surface area contributed by atoms with Crippen molar-refractivity contribution in [1.29, 1.82) is 0 Å². The van der Waals surface area contributed by atoms with Crippen molar-refractivity contribution >= 4 is 0 Å². The molecule has 0 aromatic carbocycles. The first kappa shape index (κ1) is 8.31. The minimum Gasteiger partial charge on any atom is -0.389 e. The molecule has 0 saturated heterocycles. The summed E-state index contributed by atoms with van der Waals surface area (Å²) in [4.78, 5) is 0. The molecule has 12 heavy (non-hydrogen) atoms. The summed E-state index contributed by atoms with van der Waals surface area (Å²) in [6.07, 6.45) is 9.63. The van der Waals surface area contributed by atoms with Crippen molar-refractivity contribution in [2.24, 2.45) is 5.41 Å². The maximum atomic E-state index is 9.45. The van der Waals surface area contributed by atoms with E-state index in [1.54, 1.807) is 0 Å². The Labute approximate surface area is 74.5 Å². The van der Waals surface area contributed by atoms with E-state index in [9.17, 15) is 5.11 Å². The van der Waals surface area contributed by atoms with E-state index in [4.69, 9.17) is 0 Å². The summed E-state index contributed by atoms with van der Waals surface area (Å²) in [6, 6.07) is 0. The quantitative estimate of drug-likeness (QED) is 0.548. The number of hydrogen-bond acceptors (Lipinski definition) is 1. The first-order chi connectivity index (χ1) is 5.73. The van der Waals surface area contributed by atoms with E-state index in [0.717, 1.165) is 6.42 Å². The average molecular weight is 166 g/mol. The molecule has 0 aromatic heterocycles. The van der Waals surface area contributed by atoms with Crippen molar-refractivity contribution in [3.05, 3.63) is 11.6 Å². The van der Waals surface area contributed by atoms with Crippen LogP contribution in [0.3, 0.4) is 0 Å². The predicted molar refractivity (Wildman–Crippen MR) is 49.9 cm³/mol. The zero-order valence-electron chi connectivity index (χ0n) is 7.84. The Morgan fingerprint density at radius 2 is 2.00 bits per heavy atom. The summed E-state index contributed by atoms with van der Waals surface area (Å²) in [6.45, 7) is 2.20. The van der Waals surface area contributed by atoms with E-state index < -0.39 is 0 Å². The van der Waals surface area contributed by atoms with Gasteiger partial charge in [0.1, 0.15) is 0 Å². The van der Waals surface area contributed by atoms with Crippen molar-refractivity contribution in [1.82, 2.24) is 0 Å². The fraction of sp³-hybridized carbons (Fsp3) is 0.818. The predicted octanol–water partition coefficient (Wildman–Crippen LogP) is 2.65. The highest BCUT2D eigenvalue weighted by molar-refractivity contribution is 5.19. The molecule has 0 bridgehead atoms. The lowest BCUT2D eigenvalue weighted by atomic mass is 9.71. The lowest BCUT2D eigenvalue weighted by molar-refractivity contribution is 0.163. The van der Waals surface area contributed by atoms with Gasteiger partial charge in [0, 0.05) is 0 Å². The highest BCUT2D eigenvalue weighted by Gasteiger charge is 2.37. The van der Waals surface area contributed by atoms with Crippen LogP contribution in [-0.2, 0) is 0 Å². The largest absolute Gasteiger partial charge is 0.389 e. The Bertz CT molecular complexity index is 199. The van der Waals surface area contributed by atoms with E-state index in [-0.39, 0.29) is 6.10 Å². The summed E-state index contributed by atoms with van der Waals surface area (Å²) < 4.78 is 0. The van der Waals surface area contributed by atoms with Crippen LogP contribution < -0.4 is 0 Å². The first-order valence-corrected chi connectivity index (χ1v) is 5.10. The number of hydrogen-bond donors (Lipinski definition) is 1.